The Kier molecular flexibility index (Phi) is 4.08. The van der Waals surface area contributed by atoms with E-state index in [4.69, 9.17) is 0 Å². The second kappa shape index (κ2) is 5.82. The van der Waals surface area contributed by atoms with Gasteiger partial charge in [0.25, 0.3) is 0 Å². The molecule has 1 aliphatic carbocycles. The Labute approximate surface area is 128 Å². The van der Waals surface area contributed by atoms with Gasteiger partial charge in [-0.2, -0.15) is 0 Å². The fourth-order valence-electron chi connectivity index (χ4n) is 2.76. The van der Waals surface area contributed by atoms with Crippen molar-refractivity contribution in [2.45, 2.75) is 19.9 Å². The van der Waals surface area contributed by atoms with E-state index in [1.807, 2.05) is 23.2 Å². The fourth-order valence-corrected chi connectivity index (χ4v) is 2.99. The average Bonchev–Trinajstić information content (AvgIpc) is 3.19. The first-order chi connectivity index (χ1) is 9.63. The lowest BCUT2D eigenvalue weighted by atomic mass is 10.2. The highest BCUT2D eigenvalue weighted by molar-refractivity contribution is 9.10. The number of nitrogens with zero attached hydrogens (tertiary/aromatic N) is 3. The lowest BCUT2D eigenvalue weighted by Crippen LogP contribution is -2.48. The SMILES string of the molecule is C[C@H]1C[C@@H]1C(=O)N1CCN(Cc2ccc(Br)cn2)CC1. The first-order valence-electron chi connectivity index (χ1n) is 7.25. The maximum absolute atomic E-state index is 12.2. The summed E-state index contributed by atoms with van der Waals surface area (Å²) in [7, 11) is 0. The van der Waals surface area contributed by atoms with Gasteiger partial charge in [0.1, 0.15) is 0 Å². The average molecular weight is 338 g/mol. The minimum Gasteiger partial charge on any atom is -0.340 e. The molecule has 0 radical (unpaired) electrons. The number of halogens is 1. The number of aromatic nitrogens is 1. The largest absolute Gasteiger partial charge is 0.340 e. The molecule has 108 valence electrons. The number of hydrogen-bond acceptors (Lipinski definition) is 3. The molecule has 5 heteroatoms. The molecule has 2 heterocycles. The van der Waals surface area contributed by atoms with Crippen LogP contribution in [-0.2, 0) is 11.3 Å². The van der Waals surface area contributed by atoms with E-state index in [9.17, 15) is 4.79 Å². The van der Waals surface area contributed by atoms with Crippen LogP contribution in [0.3, 0.4) is 0 Å². The Morgan fingerprint density at radius 1 is 1.35 bits per heavy atom. The molecule has 1 aromatic heterocycles. The third kappa shape index (κ3) is 3.20. The van der Waals surface area contributed by atoms with Crippen molar-refractivity contribution in [3.05, 3.63) is 28.5 Å². The normalized spacial score (nSPS) is 26.6. The molecule has 2 fully saturated rings. The van der Waals surface area contributed by atoms with Crippen molar-refractivity contribution in [2.24, 2.45) is 11.8 Å². The Morgan fingerprint density at radius 3 is 2.60 bits per heavy atom. The lowest BCUT2D eigenvalue weighted by molar-refractivity contribution is -0.134. The fraction of sp³-hybridized carbons (Fsp3) is 0.600. The first kappa shape index (κ1) is 14.0. The van der Waals surface area contributed by atoms with Gasteiger partial charge in [-0.05, 0) is 40.4 Å². The van der Waals surface area contributed by atoms with Crippen LogP contribution in [0.15, 0.2) is 22.8 Å². The minimum absolute atomic E-state index is 0.315. The molecule has 2 atom stereocenters. The van der Waals surface area contributed by atoms with Crippen LogP contribution in [0.25, 0.3) is 0 Å². The highest BCUT2D eigenvalue weighted by Gasteiger charge is 2.41. The number of amides is 1. The molecule has 1 saturated carbocycles. The van der Waals surface area contributed by atoms with Gasteiger partial charge in [-0.3, -0.25) is 14.7 Å². The van der Waals surface area contributed by atoms with Crippen LogP contribution in [0.2, 0.25) is 0 Å². The smallest absolute Gasteiger partial charge is 0.226 e. The lowest BCUT2D eigenvalue weighted by Gasteiger charge is -2.34. The number of rotatable bonds is 3. The van der Waals surface area contributed by atoms with E-state index >= 15 is 0 Å². The zero-order valence-electron chi connectivity index (χ0n) is 11.8. The van der Waals surface area contributed by atoms with Crippen molar-refractivity contribution in [3.63, 3.8) is 0 Å². The van der Waals surface area contributed by atoms with E-state index < -0.39 is 0 Å². The van der Waals surface area contributed by atoms with Gasteiger partial charge < -0.3 is 4.90 Å². The number of carbonyl (C=O) groups is 1. The van der Waals surface area contributed by atoms with Crippen molar-refractivity contribution in [2.75, 3.05) is 26.2 Å². The van der Waals surface area contributed by atoms with E-state index in [1.54, 1.807) is 0 Å². The number of piperazine rings is 1. The van der Waals surface area contributed by atoms with E-state index in [0.717, 1.165) is 49.3 Å². The Hall–Kier alpha value is -0.940. The van der Waals surface area contributed by atoms with Gasteiger partial charge in [-0.15, -0.1) is 0 Å². The van der Waals surface area contributed by atoms with Crippen LogP contribution >= 0.6 is 15.9 Å². The second-order valence-corrected chi connectivity index (χ2v) is 6.80. The molecular formula is C15H20BrN3O. The zero-order valence-corrected chi connectivity index (χ0v) is 13.3. The highest BCUT2D eigenvalue weighted by atomic mass is 79.9. The topological polar surface area (TPSA) is 36.4 Å². The van der Waals surface area contributed by atoms with Gasteiger partial charge in [-0.25, -0.2) is 0 Å². The molecule has 2 aliphatic rings. The maximum Gasteiger partial charge on any atom is 0.226 e. The molecule has 3 rings (SSSR count). The van der Waals surface area contributed by atoms with E-state index in [2.05, 4.69) is 32.7 Å². The number of hydrogen-bond donors (Lipinski definition) is 0. The van der Waals surface area contributed by atoms with Crippen molar-refractivity contribution < 1.29 is 4.79 Å². The number of carbonyl (C=O) groups excluding carboxylic acids is 1. The minimum atomic E-state index is 0.315. The van der Waals surface area contributed by atoms with Gasteiger partial charge in [0, 0.05) is 49.3 Å². The van der Waals surface area contributed by atoms with Gasteiger partial charge in [0.2, 0.25) is 5.91 Å². The van der Waals surface area contributed by atoms with Gasteiger partial charge in [-0.1, -0.05) is 6.92 Å². The third-order valence-corrected chi connectivity index (χ3v) is 4.75. The summed E-state index contributed by atoms with van der Waals surface area (Å²) < 4.78 is 1.01. The molecule has 1 aliphatic heterocycles. The molecule has 1 aromatic rings. The summed E-state index contributed by atoms with van der Waals surface area (Å²) in [6.45, 7) is 6.65. The van der Waals surface area contributed by atoms with Crippen LogP contribution in [0.1, 0.15) is 19.0 Å². The molecule has 0 aromatic carbocycles. The van der Waals surface area contributed by atoms with E-state index in [1.165, 1.54) is 0 Å². The molecule has 0 bridgehead atoms. The maximum atomic E-state index is 12.2. The standard InChI is InChI=1S/C15H20BrN3O/c1-11-8-14(11)15(20)19-6-4-18(5-7-19)10-13-3-2-12(16)9-17-13/h2-3,9,11,14H,4-8,10H2,1H3/t11-,14-/m0/s1. The predicted octanol–water partition coefficient (Wildman–Crippen LogP) is 2.14. The van der Waals surface area contributed by atoms with Crippen molar-refractivity contribution >= 4 is 21.8 Å². The Morgan fingerprint density at radius 2 is 2.05 bits per heavy atom. The summed E-state index contributed by atoms with van der Waals surface area (Å²) in [5, 5.41) is 0. The predicted molar refractivity (Wildman–Crippen MR) is 81.1 cm³/mol. The van der Waals surface area contributed by atoms with E-state index in [-0.39, 0.29) is 0 Å². The van der Waals surface area contributed by atoms with Crippen molar-refractivity contribution in [3.8, 4) is 0 Å². The van der Waals surface area contributed by atoms with Gasteiger partial charge in [0.05, 0.1) is 5.69 Å². The molecular weight excluding hydrogens is 318 g/mol. The molecule has 20 heavy (non-hydrogen) atoms. The molecule has 1 amide bonds. The van der Waals surface area contributed by atoms with Crippen LogP contribution in [0, 0.1) is 11.8 Å². The molecule has 0 spiro atoms. The third-order valence-electron chi connectivity index (χ3n) is 4.28. The van der Waals surface area contributed by atoms with Crippen molar-refractivity contribution in [1.29, 1.82) is 0 Å². The number of pyridine rings is 1. The summed E-state index contributed by atoms with van der Waals surface area (Å²) >= 11 is 3.40. The summed E-state index contributed by atoms with van der Waals surface area (Å²) in [5.41, 5.74) is 1.09. The molecule has 0 unspecified atom stereocenters. The molecule has 1 saturated heterocycles. The zero-order chi connectivity index (χ0) is 14.1. The molecule has 0 N–H and O–H groups in total. The van der Waals surface area contributed by atoms with Gasteiger partial charge in [0.15, 0.2) is 0 Å². The first-order valence-corrected chi connectivity index (χ1v) is 8.04. The highest BCUT2D eigenvalue weighted by Crippen LogP contribution is 2.39. The summed E-state index contributed by atoms with van der Waals surface area (Å²) in [6, 6.07) is 4.07. The Balaban J connectivity index is 1.48. The van der Waals surface area contributed by atoms with Crippen LogP contribution in [0.4, 0.5) is 0 Å². The summed E-state index contributed by atoms with van der Waals surface area (Å²) in [6.07, 6.45) is 2.92. The second-order valence-electron chi connectivity index (χ2n) is 5.89. The van der Waals surface area contributed by atoms with Crippen LogP contribution in [0.5, 0.6) is 0 Å². The monoisotopic (exact) mass is 337 g/mol. The van der Waals surface area contributed by atoms with Crippen LogP contribution in [-0.4, -0.2) is 46.9 Å². The van der Waals surface area contributed by atoms with E-state index in [0.29, 0.717) is 17.7 Å². The molecule has 4 nitrogen and oxygen atoms in total. The van der Waals surface area contributed by atoms with Crippen LogP contribution < -0.4 is 0 Å². The quantitative estimate of drug-likeness (QED) is 0.847. The van der Waals surface area contributed by atoms with Crippen molar-refractivity contribution in [1.82, 2.24) is 14.8 Å². The Bertz CT molecular complexity index is 482. The summed E-state index contributed by atoms with van der Waals surface area (Å²) in [4.78, 5) is 21.0. The summed E-state index contributed by atoms with van der Waals surface area (Å²) in [5.74, 6) is 1.29. The van der Waals surface area contributed by atoms with Gasteiger partial charge >= 0.3 is 0 Å².